The monoisotopic (exact) mass is 298 g/mol. The molecule has 0 bridgehead atoms. The minimum absolute atomic E-state index is 0.0948. The highest BCUT2D eigenvalue weighted by Crippen LogP contribution is 2.21. The van der Waals surface area contributed by atoms with Crippen molar-refractivity contribution in [2.24, 2.45) is 0 Å². The first-order valence-electron chi connectivity index (χ1n) is 5.73. The van der Waals surface area contributed by atoms with E-state index in [4.69, 9.17) is 5.73 Å². The zero-order valence-corrected chi connectivity index (χ0v) is 12.1. The van der Waals surface area contributed by atoms with Gasteiger partial charge in [0.2, 0.25) is 0 Å². The molecular weight excluding hydrogens is 280 g/mol. The van der Waals surface area contributed by atoms with Crippen molar-refractivity contribution >= 4 is 27.5 Å². The molecule has 4 heteroatoms. The number of amides is 1. The number of nitrogens with one attached hydrogen (secondary N) is 1. The van der Waals surface area contributed by atoms with Crippen LogP contribution in [0.3, 0.4) is 0 Å². The topological polar surface area (TPSA) is 55.1 Å². The van der Waals surface area contributed by atoms with E-state index in [9.17, 15) is 4.79 Å². The molecule has 0 unspecified atom stereocenters. The molecule has 0 atom stereocenters. The fraction of sp³-hybridized carbons (Fsp3) is 0.462. The Balaban J connectivity index is 2.86. The zero-order valence-electron chi connectivity index (χ0n) is 10.5. The van der Waals surface area contributed by atoms with Crippen molar-refractivity contribution in [2.75, 3.05) is 5.73 Å². The van der Waals surface area contributed by atoms with Crippen molar-refractivity contribution in [3.8, 4) is 0 Å². The number of hydrogen-bond donors (Lipinski definition) is 2. The Hall–Kier alpha value is -1.03. The fourth-order valence-corrected chi connectivity index (χ4v) is 2.21. The minimum atomic E-state index is -0.199. The van der Waals surface area contributed by atoms with Gasteiger partial charge in [-0.05, 0) is 54.4 Å². The van der Waals surface area contributed by atoms with Crippen molar-refractivity contribution in [1.29, 1.82) is 0 Å². The molecule has 1 rings (SSSR count). The van der Waals surface area contributed by atoms with Crippen LogP contribution >= 0.6 is 15.9 Å². The van der Waals surface area contributed by atoms with E-state index in [1.165, 1.54) is 0 Å². The van der Waals surface area contributed by atoms with Crippen LogP contribution < -0.4 is 11.1 Å². The summed E-state index contributed by atoms with van der Waals surface area (Å²) in [6.07, 6.45) is 1.98. The molecule has 3 nitrogen and oxygen atoms in total. The lowest BCUT2D eigenvalue weighted by atomic mass is 9.98. The van der Waals surface area contributed by atoms with E-state index < -0.39 is 0 Å². The highest BCUT2D eigenvalue weighted by atomic mass is 79.9. The second-order valence-electron chi connectivity index (χ2n) is 4.83. The minimum Gasteiger partial charge on any atom is -0.399 e. The number of halogens is 1. The standard InChI is InChI=1S/C13H19BrN2O/c1-4-7-13(2,3)16-12(17)10-8-9(15)5-6-11(10)14/h5-6,8H,4,7,15H2,1-3H3,(H,16,17). The third kappa shape index (κ3) is 4.04. The molecular formula is C13H19BrN2O. The first kappa shape index (κ1) is 14.0. The summed E-state index contributed by atoms with van der Waals surface area (Å²) in [5.74, 6) is -0.0948. The van der Waals surface area contributed by atoms with Gasteiger partial charge in [-0.3, -0.25) is 4.79 Å². The first-order valence-corrected chi connectivity index (χ1v) is 6.52. The Bertz CT molecular complexity index is 416. The van der Waals surface area contributed by atoms with Crippen molar-refractivity contribution in [2.45, 2.75) is 39.2 Å². The van der Waals surface area contributed by atoms with Gasteiger partial charge in [0, 0.05) is 15.7 Å². The molecule has 0 saturated heterocycles. The molecule has 0 aromatic heterocycles. The SMILES string of the molecule is CCCC(C)(C)NC(=O)c1cc(N)ccc1Br. The van der Waals surface area contributed by atoms with Crippen LogP contribution in [0, 0.1) is 0 Å². The molecule has 0 heterocycles. The third-order valence-corrected chi connectivity index (χ3v) is 3.25. The average molecular weight is 299 g/mol. The molecule has 17 heavy (non-hydrogen) atoms. The summed E-state index contributed by atoms with van der Waals surface area (Å²) >= 11 is 3.36. The second-order valence-corrected chi connectivity index (χ2v) is 5.68. The van der Waals surface area contributed by atoms with Crippen molar-refractivity contribution in [3.05, 3.63) is 28.2 Å². The number of nitrogens with two attached hydrogens (primary N) is 1. The van der Waals surface area contributed by atoms with E-state index >= 15 is 0 Å². The second kappa shape index (κ2) is 5.54. The van der Waals surface area contributed by atoms with Gasteiger partial charge < -0.3 is 11.1 Å². The molecule has 1 aromatic rings. The van der Waals surface area contributed by atoms with Gasteiger partial charge in [-0.1, -0.05) is 13.3 Å². The van der Waals surface area contributed by atoms with Crippen LogP contribution in [0.4, 0.5) is 5.69 Å². The maximum absolute atomic E-state index is 12.1. The van der Waals surface area contributed by atoms with Gasteiger partial charge in [-0.2, -0.15) is 0 Å². The number of carbonyl (C=O) groups excluding carboxylic acids is 1. The Morgan fingerprint density at radius 2 is 2.12 bits per heavy atom. The lowest BCUT2D eigenvalue weighted by Crippen LogP contribution is -2.43. The summed E-state index contributed by atoms with van der Waals surface area (Å²) in [6.45, 7) is 6.15. The van der Waals surface area contributed by atoms with E-state index in [2.05, 4.69) is 28.2 Å². The van der Waals surface area contributed by atoms with Crippen molar-refractivity contribution in [3.63, 3.8) is 0 Å². The van der Waals surface area contributed by atoms with E-state index in [-0.39, 0.29) is 11.4 Å². The largest absolute Gasteiger partial charge is 0.399 e. The van der Waals surface area contributed by atoms with E-state index in [1.807, 2.05) is 13.8 Å². The summed E-state index contributed by atoms with van der Waals surface area (Å²) in [4.78, 5) is 12.1. The molecule has 1 aromatic carbocycles. The molecule has 1 amide bonds. The lowest BCUT2D eigenvalue weighted by molar-refractivity contribution is 0.0908. The zero-order chi connectivity index (χ0) is 13.1. The summed E-state index contributed by atoms with van der Waals surface area (Å²) in [6, 6.07) is 5.23. The number of carbonyl (C=O) groups is 1. The first-order chi connectivity index (χ1) is 7.85. The van der Waals surface area contributed by atoms with Crippen LogP contribution in [0.15, 0.2) is 22.7 Å². The molecule has 3 N–H and O–H groups in total. The molecule has 0 saturated carbocycles. The molecule has 0 fully saturated rings. The number of hydrogen-bond acceptors (Lipinski definition) is 2. The quantitative estimate of drug-likeness (QED) is 0.838. The third-order valence-electron chi connectivity index (χ3n) is 2.56. The van der Waals surface area contributed by atoms with Gasteiger partial charge in [0.25, 0.3) is 5.91 Å². The van der Waals surface area contributed by atoms with Gasteiger partial charge in [0.05, 0.1) is 5.56 Å². The predicted octanol–water partition coefficient (Wildman–Crippen LogP) is 3.34. The van der Waals surface area contributed by atoms with Crippen LogP contribution in [-0.4, -0.2) is 11.4 Å². The molecule has 0 aliphatic rings. The maximum atomic E-state index is 12.1. The van der Waals surface area contributed by atoms with Gasteiger partial charge >= 0.3 is 0 Å². The van der Waals surface area contributed by atoms with E-state index in [1.54, 1.807) is 18.2 Å². The maximum Gasteiger partial charge on any atom is 0.252 e. The fourth-order valence-electron chi connectivity index (χ4n) is 1.78. The number of nitrogen functional groups attached to an aromatic ring is 1. The Labute approximate surface area is 111 Å². The number of rotatable bonds is 4. The number of benzene rings is 1. The molecule has 0 spiro atoms. The van der Waals surface area contributed by atoms with Gasteiger partial charge in [-0.25, -0.2) is 0 Å². The van der Waals surface area contributed by atoms with Crippen molar-refractivity contribution in [1.82, 2.24) is 5.32 Å². The average Bonchev–Trinajstić information content (AvgIpc) is 2.20. The lowest BCUT2D eigenvalue weighted by Gasteiger charge is -2.26. The molecule has 0 radical (unpaired) electrons. The Morgan fingerprint density at radius 3 is 2.71 bits per heavy atom. The van der Waals surface area contributed by atoms with E-state index in [0.717, 1.165) is 17.3 Å². The molecule has 0 aliphatic carbocycles. The van der Waals surface area contributed by atoms with E-state index in [0.29, 0.717) is 11.3 Å². The van der Waals surface area contributed by atoms with Crippen molar-refractivity contribution < 1.29 is 4.79 Å². The smallest absolute Gasteiger partial charge is 0.252 e. The normalized spacial score (nSPS) is 11.3. The predicted molar refractivity (Wildman–Crippen MR) is 75.0 cm³/mol. The van der Waals surface area contributed by atoms with Crippen LogP contribution in [-0.2, 0) is 0 Å². The Morgan fingerprint density at radius 1 is 1.47 bits per heavy atom. The summed E-state index contributed by atoms with van der Waals surface area (Å²) in [7, 11) is 0. The van der Waals surface area contributed by atoms with Gasteiger partial charge in [0.1, 0.15) is 0 Å². The molecule has 0 aliphatic heterocycles. The molecule has 94 valence electrons. The number of anilines is 1. The highest BCUT2D eigenvalue weighted by molar-refractivity contribution is 9.10. The summed E-state index contributed by atoms with van der Waals surface area (Å²) < 4.78 is 0.761. The van der Waals surface area contributed by atoms with Crippen LogP contribution in [0.5, 0.6) is 0 Å². The van der Waals surface area contributed by atoms with Crippen LogP contribution in [0.1, 0.15) is 44.0 Å². The van der Waals surface area contributed by atoms with Gasteiger partial charge in [-0.15, -0.1) is 0 Å². The summed E-state index contributed by atoms with van der Waals surface area (Å²) in [5, 5.41) is 3.02. The Kier molecular flexibility index (Phi) is 4.57. The van der Waals surface area contributed by atoms with Crippen LogP contribution in [0.2, 0.25) is 0 Å². The summed E-state index contributed by atoms with van der Waals surface area (Å²) in [5.41, 5.74) is 6.66. The highest BCUT2D eigenvalue weighted by Gasteiger charge is 2.21. The van der Waals surface area contributed by atoms with Crippen LogP contribution in [0.25, 0.3) is 0 Å². The van der Waals surface area contributed by atoms with Gasteiger partial charge in [0.15, 0.2) is 0 Å².